The Balaban J connectivity index is 0.965. The second-order valence-corrected chi connectivity index (χ2v) is 11.2. The fourth-order valence-electron chi connectivity index (χ4n) is 6.35. The SMILES string of the molecule is O=C1CC[C@H](N2Cc3cc(O[C@H]4CCN(Cc5ccc6nc(N7CCCC7)ncc6c5)C4)ccc3C2=O)C(=O)N1. The molecule has 2 aromatic carbocycles. The lowest BCUT2D eigenvalue weighted by Gasteiger charge is -2.29. The maximum absolute atomic E-state index is 13.0. The standard InChI is InChI=1S/C30H32N6O4/c37-27-8-7-26(28(38)33-27)36-17-21-14-22(4-5-24(21)29(36)39)40-23-9-12-34(18-23)16-19-3-6-25-20(13-19)15-31-30(32-25)35-10-1-2-11-35/h3-6,13-15,23,26H,1-2,7-12,16-18H2,(H,33,37,38)/t23-,26-/m0/s1. The third kappa shape index (κ3) is 4.77. The third-order valence-electron chi connectivity index (χ3n) is 8.45. The van der Waals surface area contributed by atoms with Crippen molar-refractivity contribution in [1.29, 1.82) is 0 Å². The van der Waals surface area contributed by atoms with Gasteiger partial charge < -0.3 is 14.5 Å². The van der Waals surface area contributed by atoms with E-state index in [0.29, 0.717) is 18.5 Å². The number of amides is 3. The summed E-state index contributed by atoms with van der Waals surface area (Å²) in [6.45, 7) is 5.02. The number of imide groups is 1. The van der Waals surface area contributed by atoms with Gasteiger partial charge in [0.15, 0.2) is 0 Å². The van der Waals surface area contributed by atoms with E-state index in [4.69, 9.17) is 9.72 Å². The zero-order valence-corrected chi connectivity index (χ0v) is 22.3. The second-order valence-electron chi connectivity index (χ2n) is 11.2. The molecule has 3 aromatic rings. The van der Waals surface area contributed by atoms with Gasteiger partial charge in [-0.2, -0.15) is 0 Å². The van der Waals surface area contributed by atoms with Crippen LogP contribution in [-0.2, 0) is 22.7 Å². The van der Waals surface area contributed by atoms with Crippen LogP contribution in [0.4, 0.5) is 5.95 Å². The predicted octanol–water partition coefficient (Wildman–Crippen LogP) is 2.64. The first-order valence-corrected chi connectivity index (χ1v) is 14.2. The molecular weight excluding hydrogens is 508 g/mol. The maximum Gasteiger partial charge on any atom is 0.255 e. The van der Waals surface area contributed by atoms with E-state index in [1.807, 2.05) is 18.3 Å². The van der Waals surface area contributed by atoms with Gasteiger partial charge in [-0.05, 0) is 67.1 Å². The van der Waals surface area contributed by atoms with Gasteiger partial charge in [0.05, 0.1) is 5.52 Å². The lowest BCUT2D eigenvalue weighted by atomic mass is 10.0. The van der Waals surface area contributed by atoms with Crippen molar-refractivity contribution in [2.75, 3.05) is 31.1 Å². The molecule has 0 radical (unpaired) electrons. The Kier molecular flexibility index (Phi) is 6.34. The highest BCUT2D eigenvalue weighted by molar-refractivity contribution is 6.05. The molecule has 1 aromatic heterocycles. The number of likely N-dealkylation sites (tertiary alicyclic amines) is 1. The molecule has 4 aliphatic rings. The first kappa shape index (κ1) is 25.0. The molecule has 0 aliphatic carbocycles. The number of hydrogen-bond acceptors (Lipinski definition) is 8. The minimum Gasteiger partial charge on any atom is -0.489 e. The molecule has 4 aliphatic heterocycles. The van der Waals surface area contributed by atoms with Crippen molar-refractivity contribution in [1.82, 2.24) is 25.1 Å². The van der Waals surface area contributed by atoms with E-state index < -0.39 is 11.9 Å². The van der Waals surface area contributed by atoms with Crippen LogP contribution in [0.25, 0.3) is 10.9 Å². The van der Waals surface area contributed by atoms with Crippen molar-refractivity contribution in [2.24, 2.45) is 0 Å². The normalized spacial score (nSPS) is 23.2. The molecule has 206 valence electrons. The van der Waals surface area contributed by atoms with Gasteiger partial charge in [-0.15, -0.1) is 0 Å². The summed E-state index contributed by atoms with van der Waals surface area (Å²) in [5.41, 5.74) is 3.66. The summed E-state index contributed by atoms with van der Waals surface area (Å²) in [4.78, 5) is 52.4. The highest BCUT2D eigenvalue weighted by atomic mass is 16.5. The van der Waals surface area contributed by atoms with Crippen LogP contribution in [0.1, 0.15) is 53.6 Å². The molecule has 1 N–H and O–H groups in total. The van der Waals surface area contributed by atoms with Gasteiger partial charge in [0.25, 0.3) is 5.91 Å². The Bertz CT molecular complexity index is 1500. The second kappa shape index (κ2) is 10.2. The lowest BCUT2D eigenvalue weighted by molar-refractivity contribution is -0.136. The van der Waals surface area contributed by atoms with Crippen molar-refractivity contribution in [3.63, 3.8) is 0 Å². The first-order chi connectivity index (χ1) is 19.5. The van der Waals surface area contributed by atoms with Crippen LogP contribution in [0.15, 0.2) is 42.6 Å². The molecule has 10 heteroatoms. The molecule has 3 saturated heterocycles. The number of fused-ring (bicyclic) bond motifs is 2. The van der Waals surface area contributed by atoms with E-state index in [0.717, 1.165) is 67.3 Å². The summed E-state index contributed by atoms with van der Waals surface area (Å²) in [7, 11) is 0. The highest BCUT2D eigenvalue weighted by Crippen LogP contribution is 2.31. The van der Waals surface area contributed by atoms with Crippen LogP contribution < -0.4 is 15.0 Å². The number of hydrogen-bond donors (Lipinski definition) is 1. The van der Waals surface area contributed by atoms with Crippen molar-refractivity contribution >= 4 is 34.6 Å². The summed E-state index contributed by atoms with van der Waals surface area (Å²) in [5, 5.41) is 3.41. The van der Waals surface area contributed by atoms with Crippen molar-refractivity contribution in [2.45, 2.75) is 57.3 Å². The number of aromatic nitrogens is 2. The van der Waals surface area contributed by atoms with E-state index in [2.05, 4.69) is 38.3 Å². The first-order valence-electron chi connectivity index (χ1n) is 14.2. The monoisotopic (exact) mass is 540 g/mol. The number of anilines is 1. The van der Waals surface area contributed by atoms with E-state index in [1.54, 1.807) is 11.0 Å². The number of carbonyl (C=O) groups excluding carboxylic acids is 3. The molecule has 0 unspecified atom stereocenters. The zero-order valence-electron chi connectivity index (χ0n) is 22.3. The van der Waals surface area contributed by atoms with Crippen LogP contribution in [0, 0.1) is 0 Å². The minimum absolute atomic E-state index is 0.0631. The molecule has 10 nitrogen and oxygen atoms in total. The fraction of sp³-hybridized carbons (Fsp3) is 0.433. The van der Waals surface area contributed by atoms with E-state index in [-0.39, 0.29) is 24.3 Å². The van der Waals surface area contributed by atoms with Crippen LogP contribution in [-0.4, -0.2) is 75.8 Å². The summed E-state index contributed by atoms with van der Waals surface area (Å²) >= 11 is 0. The largest absolute Gasteiger partial charge is 0.489 e. The maximum atomic E-state index is 13.0. The average Bonchev–Trinajstić information content (AvgIpc) is 3.70. The number of nitrogens with one attached hydrogen (secondary N) is 1. The average molecular weight is 541 g/mol. The van der Waals surface area contributed by atoms with Gasteiger partial charge in [0.1, 0.15) is 17.9 Å². The van der Waals surface area contributed by atoms with Gasteiger partial charge in [0, 0.05) is 62.8 Å². The predicted molar refractivity (Wildman–Crippen MR) is 148 cm³/mol. The lowest BCUT2D eigenvalue weighted by Crippen LogP contribution is -2.52. The molecule has 5 heterocycles. The Morgan fingerprint density at radius 1 is 1.00 bits per heavy atom. The van der Waals surface area contributed by atoms with Gasteiger partial charge in [-0.25, -0.2) is 9.97 Å². The topological polar surface area (TPSA) is 108 Å². The van der Waals surface area contributed by atoms with Gasteiger partial charge >= 0.3 is 0 Å². The molecule has 0 saturated carbocycles. The Morgan fingerprint density at radius 2 is 1.88 bits per heavy atom. The molecule has 0 spiro atoms. The summed E-state index contributed by atoms with van der Waals surface area (Å²) in [6, 6.07) is 11.4. The van der Waals surface area contributed by atoms with E-state index in [1.165, 1.54) is 18.4 Å². The molecular formula is C30H32N6O4. The van der Waals surface area contributed by atoms with Gasteiger partial charge in [0.2, 0.25) is 17.8 Å². The molecule has 0 bridgehead atoms. The molecule has 3 amide bonds. The van der Waals surface area contributed by atoms with Crippen molar-refractivity contribution in [3.8, 4) is 5.75 Å². The third-order valence-corrected chi connectivity index (χ3v) is 8.45. The highest BCUT2D eigenvalue weighted by Gasteiger charge is 2.39. The fourth-order valence-corrected chi connectivity index (χ4v) is 6.35. The number of carbonyl (C=O) groups is 3. The van der Waals surface area contributed by atoms with Gasteiger partial charge in [-0.3, -0.25) is 24.6 Å². The summed E-state index contributed by atoms with van der Waals surface area (Å²) in [6.07, 6.45) is 5.94. The molecule has 2 atom stereocenters. The van der Waals surface area contributed by atoms with Crippen LogP contribution in [0.2, 0.25) is 0 Å². The molecule has 40 heavy (non-hydrogen) atoms. The number of ether oxygens (including phenoxy) is 1. The molecule has 3 fully saturated rings. The van der Waals surface area contributed by atoms with Gasteiger partial charge in [-0.1, -0.05) is 6.07 Å². The smallest absolute Gasteiger partial charge is 0.255 e. The quantitative estimate of drug-likeness (QED) is 0.476. The van der Waals surface area contributed by atoms with Crippen molar-refractivity contribution in [3.05, 3.63) is 59.3 Å². The number of nitrogens with zero attached hydrogens (tertiary/aromatic N) is 5. The molecule has 7 rings (SSSR count). The van der Waals surface area contributed by atoms with Crippen LogP contribution in [0.3, 0.4) is 0 Å². The van der Waals surface area contributed by atoms with E-state index in [9.17, 15) is 14.4 Å². The van der Waals surface area contributed by atoms with Crippen LogP contribution in [0.5, 0.6) is 5.75 Å². The Labute approximate surface area is 232 Å². The Morgan fingerprint density at radius 3 is 2.73 bits per heavy atom. The number of piperidine rings is 1. The number of benzene rings is 2. The minimum atomic E-state index is -0.612. The van der Waals surface area contributed by atoms with E-state index >= 15 is 0 Å². The Hall–Kier alpha value is -4.05. The number of rotatable bonds is 6. The summed E-state index contributed by atoms with van der Waals surface area (Å²) < 4.78 is 6.33. The zero-order chi connectivity index (χ0) is 27.2. The van der Waals surface area contributed by atoms with Crippen molar-refractivity contribution < 1.29 is 19.1 Å². The van der Waals surface area contributed by atoms with Crippen LogP contribution >= 0.6 is 0 Å². The summed E-state index contributed by atoms with van der Waals surface area (Å²) in [5.74, 6) is 0.715.